The van der Waals surface area contributed by atoms with Crippen molar-refractivity contribution < 1.29 is 42.8 Å². The quantitative estimate of drug-likeness (QED) is 0.334. The van der Waals surface area contributed by atoms with E-state index in [1.54, 1.807) is 15.9 Å². The maximum Gasteiger partial charge on any atom is 0.410 e. The zero-order chi connectivity index (χ0) is 33.9. The van der Waals surface area contributed by atoms with Crippen LogP contribution < -0.4 is 4.74 Å². The fraction of sp³-hybridized carbons (Fsp3) is 0.562. The molecule has 0 aliphatic carbocycles. The molecule has 0 aromatic heterocycles. The highest BCUT2D eigenvalue weighted by Crippen LogP contribution is 2.24. The molecule has 2 heterocycles. The largest absolute Gasteiger partial charge is 0.508 e. The number of carbonyl (C=O) groups excluding carboxylic acids is 2. The lowest BCUT2D eigenvalue weighted by atomic mass is 10.1. The summed E-state index contributed by atoms with van der Waals surface area (Å²) in [5, 5.41) is 18.0. The Hall–Kier alpha value is -3.02. The van der Waals surface area contributed by atoms with Crippen molar-refractivity contribution in [3.05, 3.63) is 58.1 Å². The summed E-state index contributed by atoms with van der Waals surface area (Å²) in [6.45, 7) is 13.4. The Bertz CT molecular complexity index is 1260. The first-order valence-corrected chi connectivity index (χ1v) is 15.5. The molecule has 252 valence electrons. The van der Waals surface area contributed by atoms with Crippen LogP contribution in [0.25, 0.3) is 0 Å². The predicted molar refractivity (Wildman–Crippen MR) is 169 cm³/mol. The van der Waals surface area contributed by atoms with Crippen LogP contribution in [0.2, 0.25) is 10.0 Å². The Morgan fingerprint density at radius 1 is 0.756 bits per heavy atom. The van der Waals surface area contributed by atoms with Crippen LogP contribution in [-0.4, -0.2) is 81.8 Å². The number of aliphatic hydroxyl groups is 1. The highest BCUT2D eigenvalue weighted by molar-refractivity contribution is 6.31. The van der Waals surface area contributed by atoms with Crippen LogP contribution >= 0.6 is 23.2 Å². The highest BCUT2D eigenvalue weighted by Gasteiger charge is 2.28. The molecule has 0 spiro atoms. The number of likely N-dealkylation sites (tertiary alicyclic amines) is 2. The van der Waals surface area contributed by atoms with Crippen molar-refractivity contribution in [2.24, 2.45) is 0 Å². The van der Waals surface area contributed by atoms with E-state index in [9.17, 15) is 23.5 Å². The monoisotopic (exact) mass is 676 g/mol. The normalized spacial score (nSPS) is 16.1. The molecule has 2 amide bonds. The fourth-order valence-electron chi connectivity index (χ4n) is 4.09. The molecule has 2 aliphatic rings. The van der Waals surface area contributed by atoms with Gasteiger partial charge in [0.15, 0.2) is 0 Å². The number of hydrogen-bond acceptors (Lipinski definition) is 7. The number of hydrogen-bond donors (Lipinski definition) is 2. The van der Waals surface area contributed by atoms with Gasteiger partial charge >= 0.3 is 12.2 Å². The molecular formula is C32H44Cl2F2N2O7. The third-order valence-corrected chi connectivity index (χ3v) is 6.92. The summed E-state index contributed by atoms with van der Waals surface area (Å²) >= 11 is 10.9. The van der Waals surface area contributed by atoms with E-state index in [-0.39, 0.29) is 40.2 Å². The fourth-order valence-corrected chi connectivity index (χ4v) is 4.32. The van der Waals surface area contributed by atoms with Gasteiger partial charge in [-0.15, -0.1) is 0 Å². The molecular weight excluding hydrogens is 633 g/mol. The molecule has 2 N–H and O–H groups in total. The number of benzene rings is 2. The lowest BCUT2D eigenvalue weighted by molar-refractivity contribution is 0.00959. The van der Waals surface area contributed by atoms with Gasteiger partial charge in [0.25, 0.3) is 0 Å². The van der Waals surface area contributed by atoms with E-state index in [4.69, 9.17) is 42.5 Å². The second-order valence-electron chi connectivity index (χ2n) is 12.7. The third kappa shape index (κ3) is 14.7. The van der Waals surface area contributed by atoms with Gasteiger partial charge in [-0.1, -0.05) is 23.2 Å². The van der Waals surface area contributed by atoms with Crippen molar-refractivity contribution in [3.63, 3.8) is 0 Å². The first-order chi connectivity index (χ1) is 20.8. The Morgan fingerprint density at radius 2 is 1.18 bits per heavy atom. The van der Waals surface area contributed by atoms with Crippen LogP contribution in [-0.2, 0) is 9.47 Å². The minimum atomic E-state index is -0.600. The number of piperidine rings is 2. The molecule has 2 aromatic carbocycles. The summed E-state index contributed by atoms with van der Waals surface area (Å²) in [4.78, 5) is 26.8. The predicted octanol–water partition coefficient (Wildman–Crippen LogP) is 7.82. The van der Waals surface area contributed by atoms with Gasteiger partial charge in [-0.05, 0) is 78.6 Å². The van der Waals surface area contributed by atoms with E-state index in [0.717, 1.165) is 6.07 Å². The Kier molecular flexibility index (Phi) is 14.5. The second-order valence-corrected chi connectivity index (χ2v) is 13.5. The summed E-state index contributed by atoms with van der Waals surface area (Å²) in [5.41, 5.74) is -0.932. The van der Waals surface area contributed by atoms with Crippen molar-refractivity contribution in [1.29, 1.82) is 0 Å². The van der Waals surface area contributed by atoms with Gasteiger partial charge in [0.2, 0.25) is 0 Å². The summed E-state index contributed by atoms with van der Waals surface area (Å²) in [6.07, 6.45) is 1.80. The molecule has 0 radical (unpaired) electrons. The van der Waals surface area contributed by atoms with Crippen molar-refractivity contribution in [1.82, 2.24) is 9.80 Å². The van der Waals surface area contributed by atoms with Gasteiger partial charge in [0, 0.05) is 51.2 Å². The molecule has 2 fully saturated rings. The standard InChI is InChI=1S/C16H21ClFNO3.C10H19NO3.C6H4ClFO/c1-16(2,3)22-15(20)19-8-6-11(7-9-19)21-12-4-5-13(17)14(18)10-12;1-10(2,3)14-9(13)11-6-4-8(12)5-7-11;7-5-2-1-4(9)3-6(5)8/h4-5,10-11H,6-9H2,1-3H3;8,12H,4-7H2,1-3H3;1-3,9H. The van der Waals surface area contributed by atoms with Crippen LogP contribution in [0.15, 0.2) is 36.4 Å². The smallest absolute Gasteiger partial charge is 0.410 e. The van der Waals surface area contributed by atoms with E-state index < -0.39 is 22.8 Å². The first kappa shape index (κ1) is 38.2. The summed E-state index contributed by atoms with van der Waals surface area (Å²) in [6, 6.07) is 7.98. The minimum Gasteiger partial charge on any atom is -0.508 e. The second kappa shape index (κ2) is 17.1. The molecule has 0 bridgehead atoms. The lowest BCUT2D eigenvalue weighted by Gasteiger charge is -2.33. The van der Waals surface area contributed by atoms with E-state index in [1.807, 2.05) is 41.5 Å². The molecule has 2 aliphatic heterocycles. The molecule has 0 unspecified atom stereocenters. The molecule has 0 saturated carbocycles. The van der Waals surface area contributed by atoms with Crippen molar-refractivity contribution in [2.75, 3.05) is 26.2 Å². The van der Waals surface area contributed by atoms with Gasteiger partial charge in [-0.3, -0.25) is 0 Å². The van der Waals surface area contributed by atoms with Crippen LogP contribution in [0, 0.1) is 11.6 Å². The topological polar surface area (TPSA) is 109 Å². The van der Waals surface area contributed by atoms with Crippen LogP contribution in [0.1, 0.15) is 67.2 Å². The summed E-state index contributed by atoms with van der Waals surface area (Å²) < 4.78 is 42.0. The lowest BCUT2D eigenvalue weighted by Crippen LogP contribution is -2.44. The molecule has 13 heteroatoms. The number of aromatic hydroxyl groups is 1. The highest BCUT2D eigenvalue weighted by atomic mass is 35.5. The van der Waals surface area contributed by atoms with Crippen LogP contribution in [0.5, 0.6) is 11.5 Å². The molecule has 4 rings (SSSR count). The number of carbonyl (C=O) groups is 2. The number of rotatable bonds is 2. The van der Waals surface area contributed by atoms with E-state index in [0.29, 0.717) is 57.6 Å². The number of amides is 2. The van der Waals surface area contributed by atoms with Crippen molar-refractivity contribution >= 4 is 35.4 Å². The zero-order valence-electron chi connectivity index (χ0n) is 26.6. The Balaban J connectivity index is 0.000000261. The van der Waals surface area contributed by atoms with E-state index in [2.05, 4.69) is 0 Å². The van der Waals surface area contributed by atoms with E-state index >= 15 is 0 Å². The SMILES string of the molecule is CC(C)(C)OC(=O)N1CCC(O)CC1.CC(C)(C)OC(=O)N1CCC(Oc2ccc(Cl)c(F)c2)CC1.Oc1ccc(Cl)c(F)c1. The maximum atomic E-state index is 13.4. The number of phenols is 1. The van der Waals surface area contributed by atoms with Crippen LogP contribution in [0.4, 0.5) is 18.4 Å². The molecule has 9 nitrogen and oxygen atoms in total. The third-order valence-electron chi connectivity index (χ3n) is 6.31. The van der Waals surface area contributed by atoms with E-state index in [1.165, 1.54) is 24.3 Å². The molecule has 2 aromatic rings. The van der Waals surface area contributed by atoms with Gasteiger partial charge in [0.1, 0.15) is 40.4 Å². The molecule has 2 saturated heterocycles. The van der Waals surface area contributed by atoms with Crippen molar-refractivity contribution in [2.45, 2.75) is 90.6 Å². The van der Waals surface area contributed by atoms with Gasteiger partial charge < -0.3 is 34.2 Å². The average Bonchev–Trinajstić information content (AvgIpc) is 2.93. The number of ether oxygens (including phenoxy) is 3. The first-order valence-electron chi connectivity index (χ1n) is 14.7. The average molecular weight is 678 g/mol. The minimum absolute atomic E-state index is 0.0211. The van der Waals surface area contributed by atoms with Gasteiger partial charge in [-0.25, -0.2) is 18.4 Å². The summed E-state index contributed by atoms with van der Waals surface area (Å²) in [7, 11) is 0. The Morgan fingerprint density at radius 3 is 1.58 bits per heavy atom. The zero-order valence-corrected chi connectivity index (χ0v) is 28.1. The van der Waals surface area contributed by atoms with Crippen LogP contribution in [0.3, 0.4) is 0 Å². The van der Waals surface area contributed by atoms with Crippen molar-refractivity contribution in [3.8, 4) is 11.5 Å². The summed E-state index contributed by atoms with van der Waals surface area (Å²) in [5.74, 6) is -0.753. The number of aliphatic hydroxyl groups excluding tert-OH is 1. The molecule has 45 heavy (non-hydrogen) atoms. The van der Waals surface area contributed by atoms with Gasteiger partial charge in [0.05, 0.1) is 16.1 Å². The van der Waals surface area contributed by atoms with Gasteiger partial charge in [-0.2, -0.15) is 0 Å². The Labute approximate surface area is 273 Å². The number of phenolic OH excluding ortho intramolecular Hbond substituents is 1. The maximum absolute atomic E-state index is 13.4. The number of nitrogens with zero attached hydrogens (tertiary/aromatic N) is 2. The number of halogens is 4. The molecule has 0 atom stereocenters.